The number of benzene rings is 1. The lowest BCUT2D eigenvalue weighted by Crippen LogP contribution is -2.40. The third-order valence-electron chi connectivity index (χ3n) is 5.39. The molecule has 3 heterocycles. The van der Waals surface area contributed by atoms with Crippen molar-refractivity contribution in [1.82, 2.24) is 15.2 Å². The second-order valence-corrected chi connectivity index (χ2v) is 8.48. The van der Waals surface area contributed by atoms with E-state index in [4.69, 9.17) is 4.42 Å². The first-order chi connectivity index (χ1) is 14.2. The summed E-state index contributed by atoms with van der Waals surface area (Å²) in [5, 5.41) is 6.03. The molecule has 29 heavy (non-hydrogen) atoms. The van der Waals surface area contributed by atoms with Gasteiger partial charge in [-0.25, -0.2) is 4.98 Å². The predicted octanol–water partition coefficient (Wildman–Crippen LogP) is 4.60. The number of furan rings is 1. The van der Waals surface area contributed by atoms with E-state index in [-0.39, 0.29) is 11.9 Å². The van der Waals surface area contributed by atoms with Crippen LogP contribution in [0.4, 0.5) is 0 Å². The fourth-order valence-corrected chi connectivity index (χ4v) is 4.60. The first-order valence-electron chi connectivity index (χ1n) is 10.2. The van der Waals surface area contributed by atoms with E-state index in [1.807, 2.05) is 17.5 Å². The number of rotatable bonds is 7. The van der Waals surface area contributed by atoms with E-state index in [1.54, 1.807) is 17.6 Å². The summed E-state index contributed by atoms with van der Waals surface area (Å²) in [6.45, 7) is 4.73. The van der Waals surface area contributed by atoms with Crippen molar-refractivity contribution < 1.29 is 9.21 Å². The summed E-state index contributed by atoms with van der Waals surface area (Å²) in [5.74, 6) is 0.918. The smallest absolute Gasteiger partial charge is 0.226 e. The number of aryl methyl sites for hydroxylation is 1. The molecule has 2 aromatic heterocycles. The standard InChI is InChI=1S/C23H27N3O2S/c1-17-7-9-18(10-8-17)23-25-19(16-29-23)14-22(27)24-15-20(21-6-5-13-28-21)26-11-3-2-4-12-26/h5-10,13,16,20H,2-4,11-12,14-15H2,1H3,(H,24,27)/t20-/m1/s1. The summed E-state index contributed by atoms with van der Waals surface area (Å²) < 4.78 is 5.66. The SMILES string of the molecule is Cc1ccc(-c2nc(CC(=O)NC[C@H](c3ccco3)N3CCCCC3)cs2)cc1. The van der Waals surface area contributed by atoms with Gasteiger partial charge in [0.1, 0.15) is 10.8 Å². The molecule has 0 aliphatic carbocycles. The summed E-state index contributed by atoms with van der Waals surface area (Å²) in [7, 11) is 0. The van der Waals surface area contributed by atoms with Gasteiger partial charge in [0.15, 0.2) is 0 Å². The molecule has 1 saturated heterocycles. The number of nitrogens with one attached hydrogen (secondary N) is 1. The number of carbonyl (C=O) groups is 1. The number of likely N-dealkylation sites (tertiary alicyclic amines) is 1. The van der Waals surface area contributed by atoms with Crippen molar-refractivity contribution in [3.05, 3.63) is 65.1 Å². The Hall–Kier alpha value is -2.44. The Morgan fingerprint density at radius 2 is 2.00 bits per heavy atom. The number of thiazole rings is 1. The summed E-state index contributed by atoms with van der Waals surface area (Å²) in [4.78, 5) is 19.6. The van der Waals surface area contributed by atoms with Crippen molar-refractivity contribution in [2.75, 3.05) is 19.6 Å². The zero-order valence-electron chi connectivity index (χ0n) is 16.8. The van der Waals surface area contributed by atoms with Gasteiger partial charge in [-0.05, 0) is 45.0 Å². The Kier molecular flexibility index (Phi) is 6.42. The second-order valence-electron chi connectivity index (χ2n) is 7.62. The highest BCUT2D eigenvalue weighted by Gasteiger charge is 2.25. The van der Waals surface area contributed by atoms with Gasteiger partial charge in [0.2, 0.25) is 5.91 Å². The average molecular weight is 410 g/mol. The van der Waals surface area contributed by atoms with Crippen molar-refractivity contribution in [3.63, 3.8) is 0 Å². The van der Waals surface area contributed by atoms with Gasteiger partial charge in [-0.15, -0.1) is 11.3 Å². The molecule has 4 rings (SSSR count). The summed E-state index contributed by atoms with van der Waals surface area (Å²) >= 11 is 1.58. The molecular formula is C23H27N3O2S. The molecule has 0 spiro atoms. The highest BCUT2D eigenvalue weighted by molar-refractivity contribution is 7.13. The Morgan fingerprint density at radius 3 is 2.72 bits per heavy atom. The maximum absolute atomic E-state index is 12.6. The van der Waals surface area contributed by atoms with Gasteiger partial charge in [-0.2, -0.15) is 0 Å². The zero-order valence-corrected chi connectivity index (χ0v) is 17.6. The largest absolute Gasteiger partial charge is 0.468 e. The number of piperidine rings is 1. The predicted molar refractivity (Wildman–Crippen MR) is 116 cm³/mol. The molecule has 1 atom stereocenters. The first kappa shape index (κ1) is 19.9. The monoisotopic (exact) mass is 409 g/mol. The van der Waals surface area contributed by atoms with E-state index in [2.05, 4.69) is 46.4 Å². The number of aromatic nitrogens is 1. The van der Waals surface area contributed by atoms with Gasteiger partial charge in [0, 0.05) is 17.5 Å². The minimum atomic E-state index is -0.000628. The number of hydrogen-bond donors (Lipinski definition) is 1. The van der Waals surface area contributed by atoms with Crippen molar-refractivity contribution >= 4 is 17.2 Å². The highest BCUT2D eigenvalue weighted by atomic mass is 32.1. The van der Waals surface area contributed by atoms with Crippen LogP contribution >= 0.6 is 11.3 Å². The van der Waals surface area contributed by atoms with Crippen molar-refractivity contribution in [2.45, 2.75) is 38.6 Å². The van der Waals surface area contributed by atoms with Gasteiger partial charge >= 0.3 is 0 Å². The van der Waals surface area contributed by atoms with E-state index in [0.29, 0.717) is 13.0 Å². The maximum Gasteiger partial charge on any atom is 0.226 e. The molecule has 0 saturated carbocycles. The molecular weight excluding hydrogens is 382 g/mol. The molecule has 6 heteroatoms. The molecule has 0 radical (unpaired) electrons. The zero-order chi connectivity index (χ0) is 20.1. The molecule has 0 unspecified atom stereocenters. The van der Waals surface area contributed by atoms with Crippen LogP contribution in [0.3, 0.4) is 0 Å². The van der Waals surface area contributed by atoms with Gasteiger partial charge in [0.25, 0.3) is 0 Å². The summed E-state index contributed by atoms with van der Waals surface area (Å²) in [6.07, 6.45) is 5.68. The fourth-order valence-electron chi connectivity index (χ4n) is 3.77. The quantitative estimate of drug-likeness (QED) is 0.620. The molecule has 152 valence electrons. The Morgan fingerprint density at radius 1 is 1.21 bits per heavy atom. The lowest BCUT2D eigenvalue weighted by Gasteiger charge is -2.33. The van der Waals surface area contributed by atoms with E-state index < -0.39 is 0 Å². The van der Waals surface area contributed by atoms with E-state index >= 15 is 0 Å². The van der Waals surface area contributed by atoms with Crippen molar-refractivity contribution in [2.24, 2.45) is 0 Å². The van der Waals surface area contributed by atoms with Crippen LogP contribution in [-0.4, -0.2) is 35.4 Å². The summed E-state index contributed by atoms with van der Waals surface area (Å²) in [5.41, 5.74) is 3.13. The Balaban J connectivity index is 1.35. The van der Waals surface area contributed by atoms with Crippen molar-refractivity contribution in [3.8, 4) is 10.6 Å². The lowest BCUT2D eigenvalue weighted by atomic mass is 10.1. The van der Waals surface area contributed by atoms with E-state index in [1.165, 1.54) is 24.8 Å². The number of carbonyl (C=O) groups excluding carboxylic acids is 1. The first-order valence-corrected chi connectivity index (χ1v) is 11.1. The van der Waals surface area contributed by atoms with Gasteiger partial charge in [0.05, 0.1) is 24.4 Å². The van der Waals surface area contributed by atoms with E-state index in [0.717, 1.165) is 35.1 Å². The lowest BCUT2D eigenvalue weighted by molar-refractivity contribution is -0.120. The van der Waals surface area contributed by atoms with Crippen LogP contribution in [0.15, 0.2) is 52.5 Å². The van der Waals surface area contributed by atoms with E-state index in [9.17, 15) is 4.79 Å². The van der Waals surface area contributed by atoms with Crippen molar-refractivity contribution in [1.29, 1.82) is 0 Å². The second kappa shape index (κ2) is 9.37. The van der Waals surface area contributed by atoms with Crippen LogP contribution in [-0.2, 0) is 11.2 Å². The minimum absolute atomic E-state index is 0.000628. The van der Waals surface area contributed by atoms with Gasteiger partial charge < -0.3 is 9.73 Å². The number of nitrogens with zero attached hydrogens (tertiary/aromatic N) is 2. The normalized spacial score (nSPS) is 15.9. The minimum Gasteiger partial charge on any atom is -0.468 e. The van der Waals surface area contributed by atoms with Crippen LogP contribution < -0.4 is 5.32 Å². The third-order valence-corrected chi connectivity index (χ3v) is 6.33. The Labute approximate surface area is 175 Å². The molecule has 1 N–H and O–H groups in total. The van der Waals surface area contributed by atoms with Crippen LogP contribution in [0.2, 0.25) is 0 Å². The van der Waals surface area contributed by atoms with Crippen LogP contribution in [0.1, 0.15) is 42.3 Å². The number of hydrogen-bond acceptors (Lipinski definition) is 5. The maximum atomic E-state index is 12.6. The molecule has 5 nitrogen and oxygen atoms in total. The van der Waals surface area contributed by atoms with Crippen LogP contribution in [0.25, 0.3) is 10.6 Å². The molecule has 1 aliphatic heterocycles. The molecule has 0 bridgehead atoms. The average Bonchev–Trinajstić information content (AvgIpc) is 3.42. The molecule has 1 aliphatic rings. The molecule has 1 fully saturated rings. The molecule has 1 amide bonds. The van der Waals surface area contributed by atoms with Gasteiger partial charge in [-0.3, -0.25) is 9.69 Å². The Bertz CT molecular complexity index is 912. The molecule has 3 aromatic rings. The number of amides is 1. The molecule has 1 aromatic carbocycles. The fraction of sp³-hybridized carbons (Fsp3) is 0.391. The highest BCUT2D eigenvalue weighted by Crippen LogP contribution is 2.26. The third kappa shape index (κ3) is 5.14. The topological polar surface area (TPSA) is 58.4 Å². The van der Waals surface area contributed by atoms with Crippen LogP contribution in [0, 0.1) is 6.92 Å². The summed E-state index contributed by atoms with van der Waals surface area (Å²) in [6, 6.07) is 12.3. The van der Waals surface area contributed by atoms with Crippen LogP contribution in [0.5, 0.6) is 0 Å². The van der Waals surface area contributed by atoms with Gasteiger partial charge in [-0.1, -0.05) is 36.2 Å².